The van der Waals surface area contributed by atoms with Crippen LogP contribution in [0.5, 0.6) is 0 Å². The molecule has 0 spiro atoms. The van der Waals surface area contributed by atoms with Crippen molar-refractivity contribution >= 4 is 111 Å². The van der Waals surface area contributed by atoms with Gasteiger partial charge in [0.05, 0.1) is 65.6 Å². The first-order valence-electron chi connectivity index (χ1n) is 42.6. The lowest BCUT2D eigenvalue weighted by Crippen LogP contribution is -2.38. The number of likely N-dealkylation sites (tertiary alicyclic amines) is 3. The number of pyridine rings is 4. The van der Waals surface area contributed by atoms with E-state index in [0.717, 1.165) is 200 Å². The van der Waals surface area contributed by atoms with Gasteiger partial charge in [-0.2, -0.15) is 0 Å². The molecule has 0 aliphatic carbocycles. The Hall–Kier alpha value is -13.8. The van der Waals surface area contributed by atoms with Crippen molar-refractivity contribution in [1.82, 2.24) is 113 Å². The van der Waals surface area contributed by atoms with Gasteiger partial charge in [0.2, 0.25) is 0 Å². The van der Waals surface area contributed by atoms with Crippen LogP contribution in [0.3, 0.4) is 0 Å². The van der Waals surface area contributed by atoms with Crippen LogP contribution < -0.4 is 43.5 Å². The zero-order chi connectivity index (χ0) is 86.0. The van der Waals surface area contributed by atoms with Gasteiger partial charge in [0.25, 0.3) is 22.2 Å². The van der Waals surface area contributed by atoms with E-state index in [2.05, 4.69) is 186 Å². The average molecular weight is 1660 g/mol. The molecule has 0 saturated carbocycles. The molecule has 4 atom stereocenters. The number of aromatic nitrogens is 20. The minimum Gasteiger partial charge on any atom is -0.360 e. The maximum absolute atomic E-state index is 13.9. The predicted molar refractivity (Wildman–Crippen MR) is 490 cm³/mol. The number of aryl methyl sites for hydroxylation is 4. The average Bonchev–Trinajstić information content (AvgIpc) is 1.35. The monoisotopic (exact) mass is 1660 g/mol. The Bertz CT molecular complexity index is 7020. The molecule has 3 aliphatic rings. The standard InChI is InChI=1S/C24H29N7O.C24H22N6O.C23H27N7O.C22H25N7O/c1-4-18(29-23-21-22(26-13-25-21)27-14-28-23)19-12-16-7-5-6-15(2)20(16)24(32)31(19)17-8-10-30(3)11-9-17;1-14-6-4-9-18(10-14)30-19(11-17-8-5-7-15(2)20(17)24(30)31)16(3)29-23-21-22(26-12-25-21)27-13-28-23;1-14-5-4-6-16-11-18(15(2)28-22-20-21(25-12-24-20)26-13-27-22)30(23(31)19(14)16)17-7-9-29(3)10-8-17;1-14(27-21-19-20(24-12-23-19)25-13-26-21)18-11-15-5-3-4-6-17(15)22(30)29(18)16-7-9-28(2)10-8-16/h5-7,12-14,17-18H,4,8-11H2,1-3H3,(H2,25,26,27,28,29);4-13,16H,1-3H3,(H2,25,26,27,28,29);4-6,11-13,15,17H,7-10H2,1-3H3,(H2,24,25,26,27,28);3-6,11-14,16H,7-10H2,1-2H3,(H2,23,24,25,26,27). The number of hydrogen-bond donors (Lipinski definition) is 8. The lowest BCUT2D eigenvalue weighted by molar-refractivity contribution is 0.216. The topological polar surface area (TPSA) is 364 Å². The molecule has 3 fully saturated rings. The summed E-state index contributed by atoms with van der Waals surface area (Å²) in [6, 6.07) is 42.5. The lowest BCUT2D eigenvalue weighted by atomic mass is 9.98. The van der Waals surface area contributed by atoms with Crippen LogP contribution in [0.25, 0.3) is 93.4 Å². The molecular formula is C93H103N27O4. The van der Waals surface area contributed by atoms with Gasteiger partial charge in [0, 0.05) is 52.0 Å². The van der Waals surface area contributed by atoms with Crippen molar-refractivity contribution in [3.05, 3.63) is 264 Å². The third kappa shape index (κ3) is 16.7. The van der Waals surface area contributed by atoms with Crippen LogP contribution in [-0.2, 0) is 0 Å². The van der Waals surface area contributed by atoms with Gasteiger partial charge < -0.3 is 69.6 Å². The van der Waals surface area contributed by atoms with E-state index in [1.165, 1.54) is 25.3 Å². The van der Waals surface area contributed by atoms with Gasteiger partial charge in [-0.25, -0.2) is 59.8 Å². The summed E-state index contributed by atoms with van der Waals surface area (Å²) in [6.45, 7) is 22.3. The number of hydrogen-bond acceptors (Lipinski definition) is 23. The van der Waals surface area contributed by atoms with Crippen molar-refractivity contribution in [2.75, 3.05) is 81.7 Å². The number of H-pyrrole nitrogens is 4. The maximum Gasteiger partial charge on any atom is 0.263 e. The lowest BCUT2D eigenvalue weighted by Gasteiger charge is -2.34. The van der Waals surface area contributed by atoms with Gasteiger partial charge in [-0.05, 0) is 240 Å². The second kappa shape index (κ2) is 35.7. The van der Waals surface area contributed by atoms with E-state index < -0.39 is 0 Å². The van der Waals surface area contributed by atoms with Crippen LogP contribution >= 0.6 is 0 Å². The fourth-order valence-corrected chi connectivity index (χ4v) is 18.1. The summed E-state index contributed by atoms with van der Waals surface area (Å²) < 4.78 is 7.91. The molecule has 0 amide bonds. The zero-order valence-corrected chi connectivity index (χ0v) is 71.6. The van der Waals surface area contributed by atoms with Crippen LogP contribution in [0, 0.1) is 27.7 Å². The van der Waals surface area contributed by atoms with Crippen molar-refractivity contribution in [3.8, 4) is 5.69 Å². The molecule has 124 heavy (non-hydrogen) atoms. The third-order valence-electron chi connectivity index (χ3n) is 24.7. The third-order valence-corrected chi connectivity index (χ3v) is 24.7. The Morgan fingerprint density at radius 1 is 0.363 bits per heavy atom. The number of nitrogens with zero attached hydrogens (tertiary/aromatic N) is 19. The van der Waals surface area contributed by atoms with E-state index >= 15 is 0 Å². The molecule has 3 saturated heterocycles. The minimum absolute atomic E-state index is 0.0285. The number of aromatic amines is 4. The number of piperidine rings is 3. The smallest absolute Gasteiger partial charge is 0.263 e. The molecule has 3 aliphatic heterocycles. The zero-order valence-electron chi connectivity index (χ0n) is 71.6. The largest absolute Gasteiger partial charge is 0.360 e. The predicted octanol–water partition coefficient (Wildman–Crippen LogP) is 14.8. The van der Waals surface area contributed by atoms with Gasteiger partial charge in [-0.15, -0.1) is 0 Å². The number of imidazole rings is 4. The number of benzene rings is 5. The fraction of sp³-hybridized carbons (Fsp3) is 0.333. The second-order valence-electron chi connectivity index (χ2n) is 33.1. The highest BCUT2D eigenvalue weighted by Gasteiger charge is 2.31. The van der Waals surface area contributed by atoms with Crippen LogP contribution in [0.1, 0.15) is 160 Å². The van der Waals surface area contributed by atoms with Gasteiger partial charge in [-0.1, -0.05) is 91.9 Å². The molecule has 12 aromatic heterocycles. The Morgan fingerprint density at radius 3 is 1.11 bits per heavy atom. The summed E-state index contributed by atoms with van der Waals surface area (Å²) in [5.74, 6) is 2.70. The highest BCUT2D eigenvalue weighted by Crippen LogP contribution is 2.36. The summed E-state index contributed by atoms with van der Waals surface area (Å²) in [5, 5.41) is 21.0. The quantitative estimate of drug-likeness (QED) is 0.0420. The van der Waals surface area contributed by atoms with Crippen molar-refractivity contribution in [2.45, 2.75) is 143 Å². The molecule has 5 aromatic carbocycles. The van der Waals surface area contributed by atoms with E-state index in [4.69, 9.17) is 0 Å². The van der Waals surface area contributed by atoms with Crippen LogP contribution in [-0.4, -0.2) is 173 Å². The van der Waals surface area contributed by atoms with Crippen molar-refractivity contribution in [2.24, 2.45) is 0 Å². The van der Waals surface area contributed by atoms with Crippen LogP contribution in [0.15, 0.2) is 197 Å². The Morgan fingerprint density at radius 2 is 0.702 bits per heavy atom. The van der Waals surface area contributed by atoms with Gasteiger partial charge >= 0.3 is 0 Å². The van der Waals surface area contributed by atoms with Gasteiger partial charge in [0.1, 0.15) is 47.4 Å². The summed E-state index contributed by atoms with van der Waals surface area (Å²) in [7, 11) is 6.42. The molecular weight excluding hydrogens is 1560 g/mol. The normalized spacial score (nSPS) is 15.6. The molecule has 31 heteroatoms. The van der Waals surface area contributed by atoms with Gasteiger partial charge in [0.15, 0.2) is 45.9 Å². The van der Waals surface area contributed by atoms with E-state index in [1.807, 2.05) is 147 Å². The molecule has 0 radical (unpaired) electrons. The molecule has 8 N–H and O–H groups in total. The van der Waals surface area contributed by atoms with E-state index in [-0.39, 0.29) is 64.5 Å². The number of fused-ring (bicyclic) bond motifs is 8. The molecule has 634 valence electrons. The summed E-state index contributed by atoms with van der Waals surface area (Å²) in [4.78, 5) is 126. The number of nitrogens with one attached hydrogen (secondary N) is 8. The van der Waals surface area contributed by atoms with E-state index in [9.17, 15) is 19.2 Å². The molecule has 17 aromatic rings. The molecule has 15 heterocycles. The van der Waals surface area contributed by atoms with Crippen molar-refractivity contribution < 1.29 is 0 Å². The second-order valence-corrected chi connectivity index (χ2v) is 33.1. The fourth-order valence-electron chi connectivity index (χ4n) is 18.1. The molecule has 0 bridgehead atoms. The number of anilines is 4. The summed E-state index contributed by atoms with van der Waals surface area (Å²) >= 11 is 0. The van der Waals surface area contributed by atoms with E-state index in [1.54, 1.807) is 29.9 Å². The number of rotatable bonds is 17. The SMILES string of the molecule is CC(Nc1ncnc2nc[nH]c12)c1cc2ccccc2c(=O)n1C1CCN(C)CC1.CCC(Nc1ncnc2nc[nH]c12)c1cc2cccc(C)c2c(=O)n1C1CCN(C)CC1.Cc1cccc(-n2c(C(C)Nc3ncnc4nc[nH]c34)cc3cccc(C)c3c2=O)c1.Cc1cccc2cc(C(C)Nc3ncnc4nc[nH]c34)n(C3CCN(C)CC3)c(=O)c12. The van der Waals surface area contributed by atoms with Crippen molar-refractivity contribution in [1.29, 1.82) is 0 Å². The first-order chi connectivity index (χ1) is 60.2. The molecule has 20 rings (SSSR count). The van der Waals surface area contributed by atoms with Crippen LogP contribution in [0.2, 0.25) is 0 Å². The Kier molecular flexibility index (Phi) is 23.8. The van der Waals surface area contributed by atoms with Crippen LogP contribution in [0.4, 0.5) is 23.3 Å². The minimum atomic E-state index is -0.209. The summed E-state index contributed by atoms with van der Waals surface area (Å²) in [6.07, 6.45) is 19.1. The first kappa shape index (κ1) is 82.5. The van der Waals surface area contributed by atoms with Gasteiger partial charge in [-0.3, -0.25) is 23.7 Å². The highest BCUT2D eigenvalue weighted by molar-refractivity contribution is 5.90. The first-order valence-corrected chi connectivity index (χ1v) is 42.6. The highest BCUT2D eigenvalue weighted by atomic mass is 16.1. The molecule has 4 unspecified atom stereocenters. The van der Waals surface area contributed by atoms with E-state index in [0.29, 0.717) is 45.9 Å². The Balaban J connectivity index is 0.000000117. The Labute approximate surface area is 714 Å². The molecule has 31 nitrogen and oxygen atoms in total. The van der Waals surface area contributed by atoms with Crippen molar-refractivity contribution in [3.63, 3.8) is 0 Å². The maximum atomic E-state index is 13.9. The summed E-state index contributed by atoms with van der Waals surface area (Å²) in [5.41, 5.74) is 14.5.